The highest BCUT2D eigenvalue weighted by Gasteiger charge is 2.18. The average Bonchev–Trinajstić information content (AvgIpc) is 3.29. The number of nitrogens with zero attached hydrogens (tertiary/aromatic N) is 2. The number of carboxylic acids is 1. The summed E-state index contributed by atoms with van der Waals surface area (Å²) in [5.41, 5.74) is 2.66. The molecule has 0 spiro atoms. The van der Waals surface area contributed by atoms with E-state index in [2.05, 4.69) is 20.3 Å². The molecule has 182 valence electrons. The van der Waals surface area contributed by atoms with Crippen LogP contribution >= 0.6 is 0 Å². The SMILES string of the molecule is COc1ccc(-c2ncc(F)c(CNCCCOc3ccc4[nH]cc(C(C)C(=O)O)c4c3)n2)cc1. The van der Waals surface area contributed by atoms with E-state index >= 15 is 0 Å². The number of hydrogen-bond acceptors (Lipinski definition) is 6. The summed E-state index contributed by atoms with van der Waals surface area (Å²) >= 11 is 0. The number of carbonyl (C=O) groups is 1. The normalized spacial score (nSPS) is 12.0. The van der Waals surface area contributed by atoms with Crippen LogP contribution in [-0.4, -0.2) is 46.3 Å². The van der Waals surface area contributed by atoms with Crippen molar-refractivity contribution in [2.45, 2.75) is 25.8 Å². The van der Waals surface area contributed by atoms with Crippen LogP contribution in [0.25, 0.3) is 22.3 Å². The van der Waals surface area contributed by atoms with Crippen LogP contribution < -0.4 is 14.8 Å². The van der Waals surface area contributed by atoms with Crippen LogP contribution in [0.1, 0.15) is 30.5 Å². The number of aromatic nitrogens is 3. The van der Waals surface area contributed by atoms with Crippen LogP contribution in [0.15, 0.2) is 54.9 Å². The highest BCUT2D eigenvalue weighted by atomic mass is 19.1. The number of rotatable bonds is 11. The Kier molecular flexibility index (Phi) is 7.57. The number of nitrogens with one attached hydrogen (secondary N) is 2. The van der Waals surface area contributed by atoms with Gasteiger partial charge >= 0.3 is 5.97 Å². The predicted octanol–water partition coefficient (Wildman–Crippen LogP) is 4.52. The van der Waals surface area contributed by atoms with Gasteiger partial charge in [-0.1, -0.05) is 0 Å². The molecule has 8 nitrogen and oxygen atoms in total. The number of aromatic amines is 1. The summed E-state index contributed by atoms with van der Waals surface area (Å²) in [5, 5.41) is 13.3. The van der Waals surface area contributed by atoms with Crippen LogP contribution in [0.2, 0.25) is 0 Å². The number of carboxylic acid groups (broad SMARTS) is 1. The molecule has 3 N–H and O–H groups in total. The molecule has 0 bridgehead atoms. The van der Waals surface area contributed by atoms with Gasteiger partial charge in [-0.3, -0.25) is 4.79 Å². The molecule has 0 aliphatic heterocycles. The number of aliphatic carboxylic acids is 1. The van der Waals surface area contributed by atoms with Crippen LogP contribution in [0.3, 0.4) is 0 Å². The zero-order valence-electron chi connectivity index (χ0n) is 19.5. The molecule has 0 radical (unpaired) electrons. The van der Waals surface area contributed by atoms with Gasteiger partial charge in [0.1, 0.15) is 11.5 Å². The van der Waals surface area contributed by atoms with E-state index < -0.39 is 17.7 Å². The Bertz CT molecular complexity index is 1310. The Balaban J connectivity index is 1.28. The van der Waals surface area contributed by atoms with Crippen LogP contribution in [0.4, 0.5) is 4.39 Å². The van der Waals surface area contributed by atoms with Crippen molar-refractivity contribution in [2.24, 2.45) is 0 Å². The molecule has 35 heavy (non-hydrogen) atoms. The minimum atomic E-state index is -0.875. The Morgan fingerprint density at radius 3 is 2.71 bits per heavy atom. The monoisotopic (exact) mass is 478 g/mol. The van der Waals surface area contributed by atoms with Crippen molar-refractivity contribution in [3.63, 3.8) is 0 Å². The smallest absolute Gasteiger partial charge is 0.310 e. The zero-order chi connectivity index (χ0) is 24.8. The molecule has 0 aliphatic carbocycles. The Morgan fingerprint density at radius 2 is 1.97 bits per heavy atom. The van der Waals surface area contributed by atoms with Crippen molar-refractivity contribution in [1.82, 2.24) is 20.3 Å². The topological polar surface area (TPSA) is 109 Å². The van der Waals surface area contributed by atoms with Crippen molar-refractivity contribution in [3.05, 3.63) is 71.9 Å². The maximum Gasteiger partial charge on any atom is 0.310 e. The second-order valence-electron chi connectivity index (χ2n) is 8.11. The van der Waals surface area contributed by atoms with Gasteiger partial charge in [-0.2, -0.15) is 0 Å². The van der Waals surface area contributed by atoms with Crippen LogP contribution in [0.5, 0.6) is 11.5 Å². The predicted molar refractivity (Wildman–Crippen MR) is 130 cm³/mol. The Labute approximate surface area is 202 Å². The molecule has 1 atom stereocenters. The largest absolute Gasteiger partial charge is 0.497 e. The van der Waals surface area contributed by atoms with Gasteiger partial charge in [0, 0.05) is 29.2 Å². The minimum absolute atomic E-state index is 0.267. The minimum Gasteiger partial charge on any atom is -0.497 e. The summed E-state index contributed by atoms with van der Waals surface area (Å²) in [6, 6.07) is 12.8. The van der Waals surface area contributed by atoms with Gasteiger partial charge in [0.15, 0.2) is 11.6 Å². The lowest BCUT2D eigenvalue weighted by atomic mass is 10.0. The van der Waals surface area contributed by atoms with Gasteiger partial charge in [-0.15, -0.1) is 0 Å². The number of methoxy groups -OCH3 is 1. The Hall–Kier alpha value is -3.98. The fourth-order valence-electron chi connectivity index (χ4n) is 3.70. The first-order valence-electron chi connectivity index (χ1n) is 11.3. The number of hydrogen-bond donors (Lipinski definition) is 3. The first-order valence-corrected chi connectivity index (χ1v) is 11.3. The highest BCUT2D eigenvalue weighted by molar-refractivity contribution is 5.90. The highest BCUT2D eigenvalue weighted by Crippen LogP contribution is 2.29. The van der Waals surface area contributed by atoms with Gasteiger partial charge < -0.3 is 24.9 Å². The van der Waals surface area contributed by atoms with Crippen LogP contribution in [-0.2, 0) is 11.3 Å². The molecule has 9 heteroatoms. The summed E-state index contributed by atoms with van der Waals surface area (Å²) in [6.45, 7) is 2.99. The first-order chi connectivity index (χ1) is 17.0. The fourth-order valence-corrected chi connectivity index (χ4v) is 3.70. The van der Waals surface area contributed by atoms with E-state index in [1.54, 1.807) is 32.4 Å². The third-order valence-corrected chi connectivity index (χ3v) is 5.75. The van der Waals surface area contributed by atoms with E-state index in [-0.39, 0.29) is 6.54 Å². The lowest BCUT2D eigenvalue weighted by Crippen LogP contribution is -2.19. The second-order valence-corrected chi connectivity index (χ2v) is 8.11. The maximum atomic E-state index is 14.2. The number of ether oxygens (including phenoxy) is 2. The molecule has 0 saturated heterocycles. The van der Waals surface area contributed by atoms with Gasteiger partial charge in [0.25, 0.3) is 0 Å². The molecule has 2 aromatic heterocycles. The molecule has 4 aromatic rings. The summed E-state index contributed by atoms with van der Waals surface area (Å²) in [4.78, 5) is 22.9. The van der Waals surface area contributed by atoms with Crippen LogP contribution in [0, 0.1) is 5.82 Å². The van der Waals surface area contributed by atoms with E-state index in [4.69, 9.17) is 9.47 Å². The number of benzene rings is 2. The first kappa shape index (κ1) is 24.2. The molecule has 4 rings (SSSR count). The third-order valence-electron chi connectivity index (χ3n) is 5.75. The summed E-state index contributed by atoms with van der Waals surface area (Å²) in [5.74, 6) is -0.108. The standard InChI is InChI=1S/C26H27FN4O4/c1-16(26(32)33)21-13-29-23-9-8-19(12-20(21)23)35-11-3-10-28-15-24-22(27)14-30-25(31-24)17-4-6-18(34-2)7-5-17/h4-9,12-14,16,28-29H,3,10-11,15H2,1-2H3,(H,32,33). The molecular formula is C26H27FN4O4. The van der Waals surface area contributed by atoms with Crippen molar-refractivity contribution in [1.29, 1.82) is 0 Å². The van der Waals surface area contributed by atoms with Gasteiger partial charge in [-0.25, -0.2) is 14.4 Å². The van der Waals surface area contributed by atoms with Gasteiger partial charge in [-0.05, 0) is 67.9 Å². The summed E-state index contributed by atoms with van der Waals surface area (Å²) in [7, 11) is 1.59. The molecule has 0 amide bonds. The maximum absolute atomic E-state index is 14.2. The molecular weight excluding hydrogens is 451 g/mol. The Morgan fingerprint density at radius 1 is 1.20 bits per heavy atom. The molecule has 0 fully saturated rings. The van der Waals surface area contributed by atoms with Crippen molar-refractivity contribution in [2.75, 3.05) is 20.3 Å². The van der Waals surface area contributed by atoms with E-state index in [0.717, 1.165) is 27.8 Å². The number of fused-ring (bicyclic) bond motifs is 1. The molecule has 2 aromatic carbocycles. The summed E-state index contributed by atoms with van der Waals surface area (Å²) < 4.78 is 25.2. The fraction of sp³-hybridized carbons (Fsp3) is 0.269. The van der Waals surface area contributed by atoms with Crippen molar-refractivity contribution >= 4 is 16.9 Å². The average molecular weight is 479 g/mol. The molecule has 2 heterocycles. The van der Waals surface area contributed by atoms with E-state index in [1.807, 2.05) is 30.3 Å². The molecule has 1 unspecified atom stereocenters. The zero-order valence-corrected chi connectivity index (χ0v) is 19.5. The quantitative estimate of drug-likeness (QED) is 0.272. The van der Waals surface area contributed by atoms with Gasteiger partial charge in [0.05, 0.1) is 31.5 Å². The van der Waals surface area contributed by atoms with E-state index in [1.165, 1.54) is 6.20 Å². The van der Waals surface area contributed by atoms with E-state index in [9.17, 15) is 14.3 Å². The molecule has 0 aliphatic rings. The third kappa shape index (κ3) is 5.75. The lowest BCUT2D eigenvalue weighted by molar-refractivity contribution is -0.138. The number of halogens is 1. The van der Waals surface area contributed by atoms with E-state index in [0.29, 0.717) is 36.8 Å². The van der Waals surface area contributed by atoms with Crippen molar-refractivity contribution in [3.8, 4) is 22.9 Å². The van der Waals surface area contributed by atoms with Gasteiger partial charge in [0.2, 0.25) is 0 Å². The van der Waals surface area contributed by atoms with Crippen molar-refractivity contribution < 1.29 is 23.8 Å². The number of H-pyrrole nitrogens is 1. The summed E-state index contributed by atoms with van der Waals surface area (Å²) in [6.07, 6.45) is 3.61. The molecule has 0 saturated carbocycles. The second kappa shape index (κ2) is 11.0. The lowest BCUT2D eigenvalue weighted by Gasteiger charge is -2.10.